The number of likely N-dealkylation sites (N-methyl/N-ethyl adjacent to an activating group) is 1. The number of carbonyl (C=O) groups is 3. The second-order valence-corrected chi connectivity index (χ2v) is 12.3. The van der Waals surface area contributed by atoms with Crippen molar-refractivity contribution in [1.82, 2.24) is 40.4 Å². The number of aromatic nitrogens is 6. The topological polar surface area (TPSA) is 205 Å². The number of nitrogens with one attached hydrogen (secondary N) is 4. The summed E-state index contributed by atoms with van der Waals surface area (Å²) in [5.74, 6) is -0.272. The van der Waals surface area contributed by atoms with E-state index in [1.54, 1.807) is 61.5 Å². The molecule has 2 atom stereocenters. The summed E-state index contributed by atoms with van der Waals surface area (Å²) in [6.45, 7) is 4.90. The summed E-state index contributed by atoms with van der Waals surface area (Å²) in [4.78, 5) is 48.4. The zero-order chi connectivity index (χ0) is 37.2. The van der Waals surface area contributed by atoms with E-state index in [9.17, 15) is 19.6 Å². The molecule has 2 aromatic carbocycles. The number of H-pyrrole nitrogens is 1. The van der Waals surface area contributed by atoms with Crippen LogP contribution in [-0.2, 0) is 19.1 Å². The number of hydrogen-bond acceptors (Lipinski definition) is 11. The molecule has 2 aromatic heterocycles. The Morgan fingerprint density at radius 3 is 2.73 bits per heavy atom. The van der Waals surface area contributed by atoms with Gasteiger partial charge < -0.3 is 30.0 Å². The number of halogens is 1. The van der Waals surface area contributed by atoms with Gasteiger partial charge in [0.05, 0.1) is 37.2 Å². The molecule has 0 radical (unpaired) electrons. The summed E-state index contributed by atoms with van der Waals surface area (Å²) in [5.41, 5.74) is 3.50. The Morgan fingerprint density at radius 2 is 2.00 bits per heavy atom. The summed E-state index contributed by atoms with van der Waals surface area (Å²) in [7, 11) is 4.50. The van der Waals surface area contributed by atoms with Crippen LogP contribution >= 0.6 is 11.6 Å². The molecule has 52 heavy (non-hydrogen) atoms. The first kappa shape index (κ1) is 37.2. The second-order valence-electron chi connectivity index (χ2n) is 11.9. The fraction of sp³-hybridized carbons (Fsp3) is 0.314. The Balaban J connectivity index is 1.48. The van der Waals surface area contributed by atoms with Crippen molar-refractivity contribution >= 4 is 47.0 Å². The van der Waals surface area contributed by atoms with Crippen molar-refractivity contribution in [2.45, 2.75) is 37.8 Å². The van der Waals surface area contributed by atoms with E-state index in [4.69, 9.17) is 21.1 Å². The smallest absolute Gasteiger partial charge is 0.411 e. The Morgan fingerprint density at radius 1 is 1.19 bits per heavy atom. The minimum atomic E-state index is -0.667. The Labute approximate surface area is 304 Å². The third-order valence-corrected chi connectivity index (χ3v) is 8.67. The molecule has 0 aliphatic carbocycles. The van der Waals surface area contributed by atoms with Crippen LogP contribution in [0, 0.1) is 11.3 Å². The van der Waals surface area contributed by atoms with Crippen molar-refractivity contribution in [3.63, 3.8) is 0 Å². The molecule has 1 aliphatic rings. The van der Waals surface area contributed by atoms with Crippen LogP contribution in [0.2, 0.25) is 5.02 Å². The number of carbonyl (C=O) groups excluding carboxylic acids is 3. The van der Waals surface area contributed by atoms with Gasteiger partial charge in [0.2, 0.25) is 5.91 Å². The van der Waals surface area contributed by atoms with Crippen LogP contribution < -0.4 is 16.0 Å². The van der Waals surface area contributed by atoms with Gasteiger partial charge in [-0.1, -0.05) is 31.0 Å². The van der Waals surface area contributed by atoms with Crippen molar-refractivity contribution in [2.75, 3.05) is 45.1 Å². The molecule has 2 unspecified atom stereocenters. The van der Waals surface area contributed by atoms with Gasteiger partial charge in [0.25, 0.3) is 5.91 Å². The van der Waals surface area contributed by atoms with Crippen LogP contribution in [0.1, 0.15) is 48.8 Å². The summed E-state index contributed by atoms with van der Waals surface area (Å²) in [6, 6.07) is 11.2. The first-order valence-electron chi connectivity index (χ1n) is 16.3. The van der Waals surface area contributed by atoms with E-state index in [1.807, 2.05) is 0 Å². The Hall–Kier alpha value is -6.05. The average Bonchev–Trinajstić information content (AvgIpc) is 3.84. The van der Waals surface area contributed by atoms with Crippen molar-refractivity contribution in [2.24, 2.45) is 0 Å². The van der Waals surface area contributed by atoms with Gasteiger partial charge in [0.1, 0.15) is 18.2 Å². The number of ether oxygens (including phenoxy) is 2. The van der Waals surface area contributed by atoms with Crippen LogP contribution in [0.5, 0.6) is 0 Å². The van der Waals surface area contributed by atoms with Gasteiger partial charge >= 0.3 is 6.09 Å². The number of rotatable bonds is 10. The molecular formula is C35H38ClN11O5. The monoisotopic (exact) mass is 727 g/mol. The van der Waals surface area contributed by atoms with Gasteiger partial charge in [-0.15, -0.1) is 5.10 Å². The molecule has 0 fully saturated rings. The number of fused-ring (bicyclic) bond motifs is 4. The first-order chi connectivity index (χ1) is 25.1. The Kier molecular flexibility index (Phi) is 12.3. The molecule has 4 N–H and O–H groups in total. The minimum absolute atomic E-state index is 0.0940. The number of tetrazole rings is 1. The maximum atomic E-state index is 13.5. The number of aromatic amines is 1. The number of nitriles is 1. The normalized spacial score (nSPS) is 15.6. The van der Waals surface area contributed by atoms with E-state index in [2.05, 4.69) is 54.1 Å². The molecule has 270 valence electrons. The highest BCUT2D eigenvalue weighted by Crippen LogP contribution is 2.35. The molecule has 1 aliphatic heterocycles. The molecule has 0 saturated carbocycles. The van der Waals surface area contributed by atoms with Crippen LogP contribution in [0.3, 0.4) is 0 Å². The lowest BCUT2D eigenvalue weighted by atomic mass is 9.97. The lowest BCUT2D eigenvalue weighted by Crippen LogP contribution is -2.37. The van der Waals surface area contributed by atoms with E-state index in [0.717, 1.165) is 0 Å². The van der Waals surface area contributed by atoms with E-state index in [-0.39, 0.29) is 11.6 Å². The summed E-state index contributed by atoms with van der Waals surface area (Å²) in [6.07, 6.45) is 6.01. The highest BCUT2D eigenvalue weighted by atomic mass is 35.5. The van der Waals surface area contributed by atoms with E-state index < -0.39 is 24.1 Å². The van der Waals surface area contributed by atoms with Crippen molar-refractivity contribution in [3.05, 3.63) is 83.1 Å². The second kappa shape index (κ2) is 17.2. The fourth-order valence-corrected chi connectivity index (χ4v) is 5.89. The van der Waals surface area contributed by atoms with E-state index >= 15 is 0 Å². The van der Waals surface area contributed by atoms with Crippen LogP contribution in [0.25, 0.3) is 23.0 Å². The van der Waals surface area contributed by atoms with Gasteiger partial charge in [0, 0.05) is 59.9 Å². The van der Waals surface area contributed by atoms with Crippen molar-refractivity contribution in [1.29, 1.82) is 5.26 Å². The first-order valence-corrected chi connectivity index (χ1v) is 16.7. The predicted octanol–water partition coefficient (Wildman–Crippen LogP) is 4.64. The number of anilines is 2. The molecule has 17 heteroatoms. The zero-order valence-corrected chi connectivity index (χ0v) is 29.6. The van der Waals surface area contributed by atoms with Gasteiger partial charge in [-0.2, -0.15) is 9.94 Å². The molecule has 2 bridgehead atoms. The van der Waals surface area contributed by atoms with E-state index in [1.165, 1.54) is 24.2 Å². The molecule has 4 aromatic rings. The van der Waals surface area contributed by atoms with Crippen molar-refractivity contribution < 1.29 is 23.9 Å². The number of nitrogens with zero attached hydrogens (tertiary/aromatic N) is 7. The molecule has 0 saturated heterocycles. The zero-order valence-electron chi connectivity index (χ0n) is 28.9. The quantitative estimate of drug-likeness (QED) is 0.166. The average molecular weight is 728 g/mol. The largest absolute Gasteiger partial charge is 0.453 e. The molecule has 3 amide bonds. The minimum Gasteiger partial charge on any atom is -0.453 e. The van der Waals surface area contributed by atoms with Crippen molar-refractivity contribution in [3.8, 4) is 23.0 Å². The maximum absolute atomic E-state index is 13.5. The number of methoxy groups -OCH3 is 2. The molecule has 0 spiro atoms. The summed E-state index contributed by atoms with van der Waals surface area (Å²) in [5, 5.41) is 31.1. The lowest BCUT2D eigenvalue weighted by Gasteiger charge is -2.27. The third-order valence-electron chi connectivity index (χ3n) is 8.43. The molecule has 16 nitrogen and oxygen atoms in total. The van der Waals surface area contributed by atoms with Gasteiger partial charge in [-0.3, -0.25) is 14.9 Å². The number of hydrogen-bond donors (Lipinski definition) is 4. The van der Waals surface area contributed by atoms with Crippen LogP contribution in [0.4, 0.5) is 16.2 Å². The summed E-state index contributed by atoms with van der Waals surface area (Å²) < 4.78 is 11.4. The van der Waals surface area contributed by atoms with Gasteiger partial charge in [0.15, 0.2) is 5.69 Å². The van der Waals surface area contributed by atoms with E-state index in [0.29, 0.717) is 89.1 Å². The molecule has 3 heterocycles. The van der Waals surface area contributed by atoms with Crippen LogP contribution in [0.15, 0.2) is 61.0 Å². The number of amides is 3. The van der Waals surface area contributed by atoms with Gasteiger partial charge in [-0.25, -0.2) is 9.78 Å². The highest BCUT2D eigenvalue weighted by Gasteiger charge is 2.27. The lowest BCUT2D eigenvalue weighted by molar-refractivity contribution is -0.126. The molecule has 5 rings (SSSR count). The maximum Gasteiger partial charge on any atom is 0.411 e. The third kappa shape index (κ3) is 8.99. The molecular weight excluding hydrogens is 690 g/mol. The Bertz CT molecular complexity index is 2000. The number of imidazole rings is 1. The summed E-state index contributed by atoms with van der Waals surface area (Å²) >= 11 is 6.25. The van der Waals surface area contributed by atoms with Crippen LogP contribution in [-0.4, -0.2) is 93.4 Å². The number of benzene rings is 2. The fourth-order valence-electron chi connectivity index (χ4n) is 5.70. The van der Waals surface area contributed by atoms with Gasteiger partial charge in [-0.05, 0) is 65.7 Å². The standard InChI is InChI=1S/C35H38ClN11O5/c1-21(34(49)46(2)15-16-51-3)26-7-5-6-8-27(41-31(48)14-9-22-17-23(36)10-13-30(22)47-20-38-44-45-47)33-42-29(19-37)32(43-33)25-12-11-24(18-28(25)40-26)39-35(50)52-4/h9-14,17-18,20,26-27,40H,1,5-8,15-16H2,2-4H3,(H,39,50)(H,41,48)(H,42,43). The SMILES string of the molecule is C=C(C(=O)N(C)CCOC)C1CCCCC(NC(=O)C=Cc2cc(Cl)ccc2-n2cnnn2)c2nc(C#N)c([nH]2)-c2ccc(NC(=O)OC)cc2N1. The predicted molar refractivity (Wildman–Crippen MR) is 193 cm³/mol. The highest BCUT2D eigenvalue weighted by molar-refractivity contribution is 6.30.